The van der Waals surface area contributed by atoms with Crippen molar-refractivity contribution in [1.82, 2.24) is 9.88 Å². The van der Waals surface area contributed by atoms with Gasteiger partial charge in [0.2, 0.25) is 5.56 Å². The highest BCUT2D eigenvalue weighted by atomic mass is 16.5. The summed E-state index contributed by atoms with van der Waals surface area (Å²) >= 11 is 0. The van der Waals surface area contributed by atoms with Crippen molar-refractivity contribution in [3.8, 4) is 0 Å². The molecule has 6 heteroatoms. The number of pyridine rings is 1. The fourth-order valence-corrected chi connectivity index (χ4v) is 1.83. The van der Waals surface area contributed by atoms with Crippen LogP contribution in [0.15, 0.2) is 34.2 Å². The lowest BCUT2D eigenvalue weighted by molar-refractivity contribution is 0.179. The van der Waals surface area contributed by atoms with Crippen molar-refractivity contribution in [2.75, 3.05) is 20.3 Å². The van der Waals surface area contributed by atoms with Gasteiger partial charge in [-0.25, -0.2) is 0 Å². The number of hydrogen-bond acceptors (Lipinski definition) is 3. The molecule has 0 amide bonds. The summed E-state index contributed by atoms with van der Waals surface area (Å²) in [5, 5.41) is 3.05. The largest absolute Gasteiger partial charge is 0.383 e. The molecule has 0 radical (unpaired) electrons. The Balaban J connectivity index is 2.21. The van der Waals surface area contributed by atoms with Crippen molar-refractivity contribution in [3.05, 3.63) is 34.7 Å². The second-order valence-electron chi connectivity index (χ2n) is 4.71. The zero-order valence-corrected chi connectivity index (χ0v) is 12.2. The van der Waals surface area contributed by atoms with Crippen LogP contribution in [-0.2, 0) is 11.3 Å². The van der Waals surface area contributed by atoms with Crippen molar-refractivity contribution in [2.45, 2.75) is 32.4 Å². The topological polar surface area (TPSA) is 81.6 Å². The normalized spacial score (nSPS) is 13.2. The lowest BCUT2D eigenvalue weighted by Crippen LogP contribution is -2.40. The molecule has 3 N–H and O–H groups in total. The molecule has 0 fully saturated rings. The summed E-state index contributed by atoms with van der Waals surface area (Å²) in [5.74, 6) is 0.437. The van der Waals surface area contributed by atoms with Gasteiger partial charge in [0.25, 0.3) is 0 Å². The maximum Gasteiger partial charge on any atom is 0.250 e. The number of hydrogen-bond donors (Lipinski definition) is 2. The SMILES string of the molecule is COCC(C)NC(N)=NCCCCn1ccccc1=O. The lowest BCUT2D eigenvalue weighted by atomic mass is 10.3. The summed E-state index contributed by atoms with van der Waals surface area (Å²) < 4.78 is 6.70. The van der Waals surface area contributed by atoms with Gasteiger partial charge in [0, 0.05) is 38.5 Å². The van der Waals surface area contributed by atoms with Gasteiger partial charge in [-0.3, -0.25) is 9.79 Å². The van der Waals surface area contributed by atoms with Crippen LogP contribution in [-0.4, -0.2) is 36.8 Å². The first kappa shape index (κ1) is 16.2. The number of guanidine groups is 1. The van der Waals surface area contributed by atoms with E-state index in [1.165, 1.54) is 0 Å². The van der Waals surface area contributed by atoms with Gasteiger partial charge in [0.1, 0.15) is 0 Å². The van der Waals surface area contributed by atoms with E-state index in [1.807, 2.05) is 13.0 Å². The number of nitrogens with zero attached hydrogens (tertiary/aromatic N) is 2. The van der Waals surface area contributed by atoms with E-state index in [1.54, 1.807) is 30.0 Å². The molecule has 1 atom stereocenters. The molecule has 1 unspecified atom stereocenters. The molecule has 0 aliphatic heterocycles. The van der Waals surface area contributed by atoms with E-state index in [9.17, 15) is 4.79 Å². The van der Waals surface area contributed by atoms with E-state index in [0.29, 0.717) is 25.7 Å². The van der Waals surface area contributed by atoms with Crippen LogP contribution in [0.1, 0.15) is 19.8 Å². The molecular formula is C14H24N4O2. The Kier molecular flexibility index (Phi) is 7.42. The Morgan fingerprint density at radius 2 is 2.30 bits per heavy atom. The number of aryl methyl sites for hydroxylation is 1. The number of nitrogens with one attached hydrogen (secondary N) is 1. The van der Waals surface area contributed by atoms with E-state index >= 15 is 0 Å². The Morgan fingerprint density at radius 3 is 3.00 bits per heavy atom. The van der Waals surface area contributed by atoms with E-state index in [4.69, 9.17) is 10.5 Å². The zero-order chi connectivity index (χ0) is 14.8. The summed E-state index contributed by atoms with van der Waals surface area (Å²) in [5.41, 5.74) is 5.78. The average Bonchev–Trinajstić information content (AvgIpc) is 2.40. The van der Waals surface area contributed by atoms with Crippen molar-refractivity contribution < 1.29 is 4.74 Å². The van der Waals surface area contributed by atoms with Gasteiger partial charge >= 0.3 is 0 Å². The highest BCUT2D eigenvalue weighted by Gasteiger charge is 2.01. The van der Waals surface area contributed by atoms with Crippen LogP contribution in [0.4, 0.5) is 0 Å². The smallest absolute Gasteiger partial charge is 0.250 e. The van der Waals surface area contributed by atoms with Crippen molar-refractivity contribution in [1.29, 1.82) is 0 Å². The number of methoxy groups -OCH3 is 1. The number of unbranched alkanes of at least 4 members (excludes halogenated alkanes) is 1. The predicted molar refractivity (Wildman–Crippen MR) is 80.9 cm³/mol. The molecule has 0 bridgehead atoms. The van der Waals surface area contributed by atoms with Gasteiger partial charge in [-0.15, -0.1) is 0 Å². The lowest BCUT2D eigenvalue weighted by Gasteiger charge is -2.13. The Hall–Kier alpha value is -1.82. The molecule has 0 aromatic carbocycles. The number of nitrogens with two attached hydrogens (primary N) is 1. The van der Waals surface area contributed by atoms with Crippen molar-refractivity contribution in [3.63, 3.8) is 0 Å². The Labute approximate surface area is 119 Å². The number of aromatic nitrogens is 1. The summed E-state index contributed by atoms with van der Waals surface area (Å²) in [6, 6.07) is 5.32. The molecule has 1 aromatic heterocycles. The van der Waals surface area contributed by atoms with Crippen molar-refractivity contribution >= 4 is 5.96 Å². The maximum absolute atomic E-state index is 11.5. The quantitative estimate of drug-likeness (QED) is 0.414. The van der Waals surface area contributed by atoms with E-state index < -0.39 is 0 Å². The van der Waals surface area contributed by atoms with Crippen LogP contribution in [0.3, 0.4) is 0 Å². The minimum absolute atomic E-state index is 0.0329. The van der Waals surface area contributed by atoms with Crippen LogP contribution >= 0.6 is 0 Å². The highest BCUT2D eigenvalue weighted by Crippen LogP contribution is 1.94. The predicted octanol–water partition coefficient (Wildman–Crippen LogP) is 0.568. The summed E-state index contributed by atoms with van der Waals surface area (Å²) in [4.78, 5) is 15.7. The molecule has 1 rings (SSSR count). The summed E-state index contributed by atoms with van der Waals surface area (Å²) in [7, 11) is 1.65. The third kappa shape index (κ3) is 6.38. The molecule has 0 saturated carbocycles. The van der Waals surface area contributed by atoms with Gasteiger partial charge in [-0.2, -0.15) is 0 Å². The zero-order valence-electron chi connectivity index (χ0n) is 12.2. The molecule has 0 saturated heterocycles. The fraction of sp³-hybridized carbons (Fsp3) is 0.571. The highest BCUT2D eigenvalue weighted by molar-refractivity contribution is 5.78. The number of aliphatic imine (C=N–C) groups is 1. The molecule has 0 aliphatic rings. The minimum Gasteiger partial charge on any atom is -0.383 e. The van der Waals surface area contributed by atoms with Crippen LogP contribution in [0, 0.1) is 0 Å². The molecule has 0 spiro atoms. The number of ether oxygens (including phenoxy) is 1. The van der Waals surface area contributed by atoms with E-state index in [0.717, 1.165) is 12.8 Å². The molecule has 20 heavy (non-hydrogen) atoms. The van der Waals surface area contributed by atoms with Crippen LogP contribution in [0.5, 0.6) is 0 Å². The molecule has 112 valence electrons. The second kappa shape index (κ2) is 9.14. The van der Waals surface area contributed by atoms with E-state index in [-0.39, 0.29) is 11.6 Å². The molecule has 6 nitrogen and oxygen atoms in total. The van der Waals surface area contributed by atoms with Crippen molar-refractivity contribution in [2.24, 2.45) is 10.7 Å². The molecule has 0 aliphatic carbocycles. The first-order valence-electron chi connectivity index (χ1n) is 6.84. The maximum atomic E-state index is 11.5. The van der Waals surface area contributed by atoms with Gasteiger partial charge in [-0.05, 0) is 25.8 Å². The molecule has 1 heterocycles. The van der Waals surface area contributed by atoms with E-state index in [2.05, 4.69) is 10.3 Å². The second-order valence-corrected chi connectivity index (χ2v) is 4.71. The third-order valence-corrected chi connectivity index (χ3v) is 2.80. The Bertz CT molecular complexity index is 470. The van der Waals surface area contributed by atoms with Gasteiger partial charge in [0.05, 0.1) is 6.61 Å². The van der Waals surface area contributed by atoms with Gasteiger partial charge < -0.3 is 20.4 Å². The standard InChI is InChI=1S/C14H24N4O2/c1-12(11-20-2)17-14(15)16-8-4-6-10-18-9-5-3-7-13(18)19/h3,5,7,9,12H,4,6,8,10-11H2,1-2H3,(H3,15,16,17). The Morgan fingerprint density at radius 1 is 1.50 bits per heavy atom. The summed E-state index contributed by atoms with van der Waals surface area (Å²) in [6.07, 6.45) is 3.59. The average molecular weight is 280 g/mol. The molecular weight excluding hydrogens is 256 g/mol. The fourth-order valence-electron chi connectivity index (χ4n) is 1.83. The number of rotatable bonds is 8. The van der Waals surface area contributed by atoms with Gasteiger partial charge in [-0.1, -0.05) is 6.07 Å². The van der Waals surface area contributed by atoms with Crippen LogP contribution in [0.25, 0.3) is 0 Å². The first-order chi connectivity index (χ1) is 9.63. The first-order valence-corrected chi connectivity index (χ1v) is 6.84. The monoisotopic (exact) mass is 280 g/mol. The van der Waals surface area contributed by atoms with Crippen LogP contribution in [0.2, 0.25) is 0 Å². The van der Waals surface area contributed by atoms with Crippen LogP contribution < -0.4 is 16.6 Å². The third-order valence-electron chi connectivity index (χ3n) is 2.80. The molecule has 1 aromatic rings. The minimum atomic E-state index is 0.0329. The summed E-state index contributed by atoms with van der Waals surface area (Å²) in [6.45, 7) is 3.93. The van der Waals surface area contributed by atoms with Gasteiger partial charge in [0.15, 0.2) is 5.96 Å².